The third kappa shape index (κ3) is 7.18. The van der Waals surface area contributed by atoms with Crippen molar-refractivity contribution in [3.05, 3.63) is 82.3 Å². The summed E-state index contributed by atoms with van der Waals surface area (Å²) in [7, 11) is 3.89. The number of ether oxygens (including phenoxy) is 2. The summed E-state index contributed by atoms with van der Waals surface area (Å²) >= 11 is 13.5. The highest BCUT2D eigenvalue weighted by Crippen LogP contribution is 2.43. The molecule has 0 aliphatic heterocycles. The van der Waals surface area contributed by atoms with Gasteiger partial charge in [-0.3, -0.25) is 4.68 Å². The van der Waals surface area contributed by atoms with Crippen LogP contribution in [0.4, 0.5) is 0 Å². The normalized spacial score (nSPS) is 11.3. The van der Waals surface area contributed by atoms with Crippen LogP contribution in [0.25, 0.3) is 32.8 Å². The summed E-state index contributed by atoms with van der Waals surface area (Å²) < 4.78 is 16.0. The summed E-state index contributed by atoms with van der Waals surface area (Å²) in [5.74, 6) is 0.785. The van der Waals surface area contributed by atoms with E-state index in [1.165, 1.54) is 0 Å². The fourth-order valence-corrected chi connectivity index (χ4v) is 6.81. The number of hydrogen-bond acceptors (Lipinski definition) is 5. The molecule has 246 valence electrons. The molecule has 0 radical (unpaired) electrons. The Morgan fingerprint density at radius 1 is 0.978 bits per heavy atom. The molecule has 0 aliphatic carbocycles. The summed E-state index contributed by atoms with van der Waals surface area (Å²) in [4.78, 5) is 13.8. The predicted molar refractivity (Wildman–Crippen MR) is 192 cm³/mol. The summed E-state index contributed by atoms with van der Waals surface area (Å²) in [6, 6.07) is 18.3. The standard InChI is InChI=1S/C36H42Cl2N4O3.ClH/c1-5-30-33(29(23-37)40-41(30)4)32-28(38)19-18-27-26(16-12-22-45-31-17-11-14-24-13-7-8-15-25(24)31)35(36(43)44-6-2)42(34(27)32)21-10-9-20-39-3;/h7-8,11,13-15,17-19,39H,5-6,9-10,12,16,20-23H2,1-4H3;1H. The molecule has 1 N–H and O–H groups in total. The van der Waals surface area contributed by atoms with Crippen LogP contribution < -0.4 is 10.1 Å². The molecular weight excluding hydrogens is 643 g/mol. The third-order valence-electron chi connectivity index (χ3n) is 8.33. The first-order valence-electron chi connectivity index (χ1n) is 15.8. The first-order chi connectivity index (χ1) is 21.9. The van der Waals surface area contributed by atoms with Crippen LogP contribution in [0, 0.1) is 0 Å². The minimum absolute atomic E-state index is 0. The van der Waals surface area contributed by atoms with Crippen LogP contribution in [-0.4, -0.2) is 47.1 Å². The number of rotatable bonds is 15. The summed E-state index contributed by atoms with van der Waals surface area (Å²) in [6.07, 6.45) is 3.95. The molecule has 46 heavy (non-hydrogen) atoms. The Kier molecular flexibility index (Phi) is 12.8. The molecule has 5 aromatic rings. The van der Waals surface area contributed by atoms with E-state index >= 15 is 0 Å². The molecule has 0 aliphatic rings. The maximum atomic E-state index is 13.8. The smallest absolute Gasteiger partial charge is 0.355 e. The van der Waals surface area contributed by atoms with Gasteiger partial charge in [0.25, 0.3) is 0 Å². The Morgan fingerprint density at radius 2 is 1.76 bits per heavy atom. The van der Waals surface area contributed by atoms with Gasteiger partial charge in [0.1, 0.15) is 11.4 Å². The lowest BCUT2D eigenvalue weighted by Gasteiger charge is -2.15. The summed E-state index contributed by atoms with van der Waals surface area (Å²) in [5.41, 5.74) is 6.09. The van der Waals surface area contributed by atoms with E-state index in [4.69, 9.17) is 37.8 Å². The van der Waals surface area contributed by atoms with E-state index < -0.39 is 0 Å². The van der Waals surface area contributed by atoms with Crippen molar-refractivity contribution in [2.75, 3.05) is 26.8 Å². The molecular formula is C36H43Cl3N4O3. The summed E-state index contributed by atoms with van der Waals surface area (Å²) in [5, 5.41) is 11.8. The van der Waals surface area contributed by atoms with Gasteiger partial charge in [0, 0.05) is 41.2 Å². The van der Waals surface area contributed by atoms with Crippen LogP contribution in [0.1, 0.15) is 60.5 Å². The second-order valence-electron chi connectivity index (χ2n) is 11.1. The first kappa shape index (κ1) is 35.6. The number of aromatic nitrogens is 3. The van der Waals surface area contributed by atoms with E-state index in [-0.39, 0.29) is 30.9 Å². The van der Waals surface area contributed by atoms with Crippen molar-refractivity contribution in [1.29, 1.82) is 0 Å². The monoisotopic (exact) mass is 684 g/mol. The van der Waals surface area contributed by atoms with Crippen LogP contribution in [0.3, 0.4) is 0 Å². The topological polar surface area (TPSA) is 70.3 Å². The molecule has 7 nitrogen and oxygen atoms in total. The van der Waals surface area contributed by atoms with Crippen LogP contribution in [0.2, 0.25) is 5.02 Å². The number of unbranched alkanes of at least 4 members (excludes halogenated alkanes) is 1. The Bertz CT molecular complexity index is 1790. The van der Waals surface area contributed by atoms with Gasteiger partial charge in [0.15, 0.2) is 0 Å². The highest BCUT2D eigenvalue weighted by Gasteiger charge is 2.29. The number of benzene rings is 3. The number of halogens is 3. The Labute approximate surface area is 287 Å². The lowest BCUT2D eigenvalue weighted by Crippen LogP contribution is -2.16. The maximum Gasteiger partial charge on any atom is 0.355 e. The highest BCUT2D eigenvalue weighted by molar-refractivity contribution is 6.35. The molecule has 0 fully saturated rings. The van der Waals surface area contributed by atoms with E-state index in [2.05, 4.69) is 35.0 Å². The quantitative estimate of drug-likeness (QED) is 0.0678. The van der Waals surface area contributed by atoms with Crippen molar-refractivity contribution in [3.63, 3.8) is 0 Å². The van der Waals surface area contributed by atoms with Gasteiger partial charge >= 0.3 is 5.97 Å². The number of aryl methyl sites for hydroxylation is 3. The molecule has 0 atom stereocenters. The minimum atomic E-state index is -0.325. The van der Waals surface area contributed by atoms with E-state index in [0.717, 1.165) is 81.3 Å². The minimum Gasteiger partial charge on any atom is -0.493 e. The molecule has 0 saturated heterocycles. The number of alkyl halides is 1. The average molecular weight is 686 g/mol. The Morgan fingerprint density at radius 3 is 2.50 bits per heavy atom. The molecule has 2 heterocycles. The zero-order valence-corrected chi connectivity index (χ0v) is 29.3. The molecule has 3 aromatic carbocycles. The molecule has 2 aromatic heterocycles. The third-order valence-corrected chi connectivity index (χ3v) is 8.90. The zero-order chi connectivity index (χ0) is 31.9. The van der Waals surface area contributed by atoms with E-state index in [1.807, 2.05) is 62.1 Å². The molecule has 0 unspecified atom stereocenters. The number of carbonyl (C=O) groups is 1. The van der Waals surface area contributed by atoms with Gasteiger partial charge < -0.3 is 19.4 Å². The lowest BCUT2D eigenvalue weighted by molar-refractivity contribution is 0.0512. The van der Waals surface area contributed by atoms with Gasteiger partial charge in [-0.15, -0.1) is 24.0 Å². The average Bonchev–Trinajstić information content (AvgIpc) is 3.54. The number of hydrogen-bond donors (Lipinski definition) is 1. The van der Waals surface area contributed by atoms with Gasteiger partial charge in [0.2, 0.25) is 0 Å². The molecule has 0 amide bonds. The van der Waals surface area contributed by atoms with Crippen molar-refractivity contribution in [2.24, 2.45) is 7.05 Å². The van der Waals surface area contributed by atoms with Gasteiger partial charge in [0.05, 0.1) is 35.3 Å². The zero-order valence-electron chi connectivity index (χ0n) is 27.0. The first-order valence-corrected chi connectivity index (χ1v) is 16.7. The number of carbonyl (C=O) groups excluding carboxylic acids is 1. The fraction of sp³-hybridized carbons (Fsp3) is 0.389. The van der Waals surface area contributed by atoms with Gasteiger partial charge in [-0.25, -0.2) is 4.79 Å². The van der Waals surface area contributed by atoms with Crippen molar-refractivity contribution < 1.29 is 14.3 Å². The van der Waals surface area contributed by atoms with Crippen LogP contribution in [0.5, 0.6) is 5.75 Å². The molecule has 5 rings (SSSR count). The Balaban J connectivity index is 0.00000480. The van der Waals surface area contributed by atoms with E-state index in [0.29, 0.717) is 36.7 Å². The van der Waals surface area contributed by atoms with Gasteiger partial charge in [-0.1, -0.05) is 61.0 Å². The predicted octanol–water partition coefficient (Wildman–Crippen LogP) is 8.76. The molecule has 10 heteroatoms. The highest BCUT2D eigenvalue weighted by atomic mass is 35.5. The van der Waals surface area contributed by atoms with Crippen LogP contribution >= 0.6 is 35.6 Å². The summed E-state index contributed by atoms with van der Waals surface area (Å²) in [6.45, 7) is 6.27. The van der Waals surface area contributed by atoms with E-state index in [1.54, 1.807) is 0 Å². The van der Waals surface area contributed by atoms with Crippen molar-refractivity contribution in [1.82, 2.24) is 19.7 Å². The molecule has 0 bridgehead atoms. The second kappa shape index (κ2) is 16.6. The molecule has 0 saturated carbocycles. The van der Waals surface area contributed by atoms with Crippen molar-refractivity contribution in [2.45, 2.75) is 58.4 Å². The lowest BCUT2D eigenvalue weighted by atomic mass is 9.97. The number of nitrogens with one attached hydrogen (secondary N) is 1. The number of nitrogens with zero attached hydrogens (tertiary/aromatic N) is 3. The van der Waals surface area contributed by atoms with E-state index in [9.17, 15) is 4.79 Å². The number of fused-ring (bicyclic) bond motifs is 2. The van der Waals surface area contributed by atoms with Crippen molar-refractivity contribution >= 4 is 63.3 Å². The number of esters is 1. The Hall–Kier alpha value is -3.23. The van der Waals surface area contributed by atoms with Crippen LogP contribution in [0.15, 0.2) is 54.6 Å². The molecule has 0 spiro atoms. The largest absolute Gasteiger partial charge is 0.493 e. The van der Waals surface area contributed by atoms with Crippen LogP contribution in [-0.2, 0) is 37.1 Å². The SMILES string of the molecule is CCOC(=O)c1c(CCCOc2cccc3ccccc23)c2ccc(Cl)c(-c3c(CCl)nn(C)c3CC)c2n1CCCCNC.Cl. The van der Waals surface area contributed by atoms with Crippen molar-refractivity contribution in [3.8, 4) is 16.9 Å². The maximum absolute atomic E-state index is 13.8. The van der Waals surface area contributed by atoms with Gasteiger partial charge in [-0.2, -0.15) is 5.10 Å². The second-order valence-corrected chi connectivity index (χ2v) is 11.8. The van der Waals surface area contributed by atoms with Gasteiger partial charge in [-0.05, 0) is 75.7 Å². The fourth-order valence-electron chi connectivity index (χ4n) is 6.37.